The third-order valence-corrected chi connectivity index (χ3v) is 2.74. The Balaban J connectivity index is 1.65. The van der Waals surface area contributed by atoms with Crippen LogP contribution in [0.5, 0.6) is 0 Å². The van der Waals surface area contributed by atoms with Gasteiger partial charge in [-0.05, 0) is 31.5 Å². The summed E-state index contributed by atoms with van der Waals surface area (Å²) in [4.78, 5) is 2.25. The van der Waals surface area contributed by atoms with Crippen LogP contribution in [0.25, 0.3) is 0 Å². The van der Waals surface area contributed by atoms with Gasteiger partial charge in [-0.1, -0.05) is 6.58 Å². The molecular weight excluding hydrogens is 200 g/mol. The SMILES string of the molecule is C=C(CNC1CC1)CN(C)Cc1ccoc1. The Bertz CT molecular complexity index is 328. The summed E-state index contributed by atoms with van der Waals surface area (Å²) in [6.07, 6.45) is 6.17. The van der Waals surface area contributed by atoms with Gasteiger partial charge in [0.1, 0.15) is 0 Å². The highest BCUT2D eigenvalue weighted by Crippen LogP contribution is 2.18. The van der Waals surface area contributed by atoms with Gasteiger partial charge in [0, 0.05) is 31.2 Å². The van der Waals surface area contributed by atoms with Gasteiger partial charge in [0.15, 0.2) is 0 Å². The zero-order valence-electron chi connectivity index (χ0n) is 9.91. The average molecular weight is 220 g/mol. The van der Waals surface area contributed by atoms with Gasteiger partial charge < -0.3 is 9.73 Å². The van der Waals surface area contributed by atoms with Crippen molar-refractivity contribution < 1.29 is 4.42 Å². The summed E-state index contributed by atoms with van der Waals surface area (Å²) in [7, 11) is 2.11. The van der Waals surface area contributed by atoms with E-state index in [4.69, 9.17) is 4.42 Å². The maximum atomic E-state index is 5.05. The first-order valence-electron chi connectivity index (χ1n) is 5.83. The van der Waals surface area contributed by atoms with E-state index in [1.165, 1.54) is 24.0 Å². The van der Waals surface area contributed by atoms with E-state index in [2.05, 4.69) is 23.8 Å². The van der Waals surface area contributed by atoms with E-state index >= 15 is 0 Å². The summed E-state index contributed by atoms with van der Waals surface area (Å²) < 4.78 is 5.05. The first kappa shape index (κ1) is 11.4. The smallest absolute Gasteiger partial charge is 0.0947 e. The first-order valence-corrected chi connectivity index (χ1v) is 5.83. The van der Waals surface area contributed by atoms with Crippen LogP contribution in [0.3, 0.4) is 0 Å². The molecule has 2 rings (SSSR count). The van der Waals surface area contributed by atoms with E-state index in [1.807, 2.05) is 6.07 Å². The van der Waals surface area contributed by atoms with Crippen LogP contribution in [0.4, 0.5) is 0 Å². The zero-order valence-corrected chi connectivity index (χ0v) is 9.91. The molecule has 0 aromatic carbocycles. The van der Waals surface area contributed by atoms with Crippen molar-refractivity contribution in [3.63, 3.8) is 0 Å². The summed E-state index contributed by atoms with van der Waals surface area (Å²) in [5.74, 6) is 0. The maximum absolute atomic E-state index is 5.05. The topological polar surface area (TPSA) is 28.4 Å². The van der Waals surface area contributed by atoms with Crippen molar-refractivity contribution in [2.45, 2.75) is 25.4 Å². The van der Waals surface area contributed by atoms with Gasteiger partial charge in [-0.15, -0.1) is 0 Å². The highest BCUT2D eigenvalue weighted by atomic mass is 16.3. The molecule has 1 aliphatic carbocycles. The number of rotatable bonds is 7. The van der Waals surface area contributed by atoms with Crippen molar-refractivity contribution in [3.8, 4) is 0 Å². The lowest BCUT2D eigenvalue weighted by Crippen LogP contribution is -2.26. The van der Waals surface area contributed by atoms with Crippen molar-refractivity contribution in [2.75, 3.05) is 20.1 Å². The van der Waals surface area contributed by atoms with E-state index in [0.717, 1.165) is 25.7 Å². The second-order valence-electron chi connectivity index (χ2n) is 4.71. The Labute approximate surface area is 97.1 Å². The number of nitrogens with one attached hydrogen (secondary N) is 1. The van der Waals surface area contributed by atoms with Crippen molar-refractivity contribution in [3.05, 3.63) is 36.3 Å². The van der Waals surface area contributed by atoms with Crippen LogP contribution < -0.4 is 5.32 Å². The van der Waals surface area contributed by atoms with Gasteiger partial charge in [-0.2, -0.15) is 0 Å². The quantitative estimate of drug-likeness (QED) is 0.713. The molecule has 0 spiro atoms. The Morgan fingerprint density at radius 3 is 3.06 bits per heavy atom. The molecule has 0 aliphatic heterocycles. The fourth-order valence-electron chi connectivity index (χ4n) is 1.76. The van der Waals surface area contributed by atoms with E-state index < -0.39 is 0 Å². The molecule has 3 nitrogen and oxygen atoms in total. The summed E-state index contributed by atoms with van der Waals surface area (Å²) in [5.41, 5.74) is 2.46. The lowest BCUT2D eigenvalue weighted by Gasteiger charge is -2.17. The molecule has 0 amide bonds. The monoisotopic (exact) mass is 220 g/mol. The van der Waals surface area contributed by atoms with E-state index in [0.29, 0.717) is 0 Å². The number of furan rings is 1. The summed E-state index contributed by atoms with van der Waals surface area (Å²) in [6.45, 7) is 6.89. The van der Waals surface area contributed by atoms with Gasteiger partial charge in [-0.3, -0.25) is 4.90 Å². The fourth-order valence-corrected chi connectivity index (χ4v) is 1.76. The Morgan fingerprint density at radius 1 is 1.62 bits per heavy atom. The van der Waals surface area contributed by atoms with Gasteiger partial charge >= 0.3 is 0 Å². The summed E-state index contributed by atoms with van der Waals surface area (Å²) >= 11 is 0. The van der Waals surface area contributed by atoms with Gasteiger partial charge in [0.25, 0.3) is 0 Å². The Kier molecular flexibility index (Phi) is 3.80. The minimum absolute atomic E-state index is 0.760. The van der Waals surface area contributed by atoms with Crippen molar-refractivity contribution in [1.29, 1.82) is 0 Å². The van der Waals surface area contributed by atoms with Gasteiger partial charge in [-0.25, -0.2) is 0 Å². The molecule has 88 valence electrons. The molecule has 1 aromatic rings. The Morgan fingerprint density at radius 2 is 2.44 bits per heavy atom. The number of likely N-dealkylation sites (N-methyl/N-ethyl adjacent to an activating group) is 1. The molecule has 3 heteroatoms. The highest BCUT2D eigenvalue weighted by molar-refractivity contribution is 5.07. The molecule has 1 aromatic heterocycles. The predicted octanol–water partition coefficient (Wildman–Crippen LogP) is 2.02. The second kappa shape index (κ2) is 5.32. The third kappa shape index (κ3) is 3.83. The van der Waals surface area contributed by atoms with Crippen LogP contribution >= 0.6 is 0 Å². The van der Waals surface area contributed by atoms with Crippen molar-refractivity contribution >= 4 is 0 Å². The average Bonchev–Trinajstić information content (AvgIpc) is 2.94. The minimum atomic E-state index is 0.760. The molecule has 1 fully saturated rings. The fraction of sp³-hybridized carbons (Fsp3) is 0.538. The first-order chi connectivity index (χ1) is 7.74. The van der Waals surface area contributed by atoms with E-state index in [9.17, 15) is 0 Å². The van der Waals surface area contributed by atoms with Crippen LogP contribution in [0.2, 0.25) is 0 Å². The summed E-state index contributed by atoms with van der Waals surface area (Å²) in [6, 6.07) is 2.76. The molecule has 16 heavy (non-hydrogen) atoms. The zero-order chi connectivity index (χ0) is 11.4. The standard InChI is InChI=1S/C13H20N2O/c1-11(7-14-13-3-4-13)8-15(2)9-12-5-6-16-10-12/h5-6,10,13-14H,1,3-4,7-9H2,2H3. The van der Waals surface area contributed by atoms with Crippen LogP contribution in [-0.4, -0.2) is 31.1 Å². The maximum Gasteiger partial charge on any atom is 0.0947 e. The predicted molar refractivity (Wildman–Crippen MR) is 65.2 cm³/mol. The van der Waals surface area contributed by atoms with E-state index in [1.54, 1.807) is 12.5 Å². The largest absolute Gasteiger partial charge is 0.472 e. The number of nitrogens with zero attached hydrogens (tertiary/aromatic N) is 1. The van der Waals surface area contributed by atoms with Crippen LogP contribution in [-0.2, 0) is 6.54 Å². The minimum Gasteiger partial charge on any atom is -0.472 e. The number of hydrogen-bond donors (Lipinski definition) is 1. The molecular formula is C13H20N2O. The molecule has 0 bridgehead atoms. The molecule has 0 unspecified atom stereocenters. The van der Waals surface area contributed by atoms with Gasteiger partial charge in [0.2, 0.25) is 0 Å². The molecule has 0 saturated heterocycles. The molecule has 1 aliphatic rings. The lowest BCUT2D eigenvalue weighted by atomic mass is 10.2. The molecule has 1 N–H and O–H groups in total. The Hall–Kier alpha value is -1.06. The lowest BCUT2D eigenvalue weighted by molar-refractivity contribution is 0.350. The summed E-state index contributed by atoms with van der Waals surface area (Å²) in [5, 5.41) is 3.48. The molecule has 0 atom stereocenters. The van der Waals surface area contributed by atoms with E-state index in [-0.39, 0.29) is 0 Å². The second-order valence-corrected chi connectivity index (χ2v) is 4.71. The molecule has 1 heterocycles. The van der Waals surface area contributed by atoms with Crippen molar-refractivity contribution in [2.24, 2.45) is 0 Å². The van der Waals surface area contributed by atoms with Gasteiger partial charge in [0.05, 0.1) is 12.5 Å². The normalized spacial score (nSPS) is 15.6. The highest BCUT2D eigenvalue weighted by Gasteiger charge is 2.20. The third-order valence-electron chi connectivity index (χ3n) is 2.74. The van der Waals surface area contributed by atoms with Crippen LogP contribution in [0.15, 0.2) is 35.2 Å². The van der Waals surface area contributed by atoms with Crippen LogP contribution in [0, 0.1) is 0 Å². The molecule has 1 saturated carbocycles. The number of hydrogen-bond acceptors (Lipinski definition) is 3. The van der Waals surface area contributed by atoms with Crippen LogP contribution in [0.1, 0.15) is 18.4 Å². The molecule has 0 radical (unpaired) electrons. The van der Waals surface area contributed by atoms with Crippen molar-refractivity contribution in [1.82, 2.24) is 10.2 Å².